The summed E-state index contributed by atoms with van der Waals surface area (Å²) in [6.45, 7) is 3.24. The summed E-state index contributed by atoms with van der Waals surface area (Å²) >= 11 is 0. The SMILES string of the molecule is CC(=O)c1ccc(S(=O)(=O)Nc2cnc(N3CCCCC3)nc2N(C)C)cc1. The van der Waals surface area contributed by atoms with E-state index in [9.17, 15) is 13.2 Å². The molecule has 3 rings (SSSR count). The van der Waals surface area contributed by atoms with Crippen molar-refractivity contribution in [3.05, 3.63) is 36.0 Å². The summed E-state index contributed by atoms with van der Waals surface area (Å²) < 4.78 is 28.1. The summed E-state index contributed by atoms with van der Waals surface area (Å²) in [5, 5.41) is 0. The van der Waals surface area contributed by atoms with Crippen molar-refractivity contribution in [3.8, 4) is 0 Å². The number of ketones is 1. The first-order valence-corrected chi connectivity index (χ1v) is 10.7. The van der Waals surface area contributed by atoms with Crippen LogP contribution in [0.2, 0.25) is 0 Å². The highest BCUT2D eigenvalue weighted by Gasteiger charge is 2.21. The molecule has 0 spiro atoms. The third kappa shape index (κ3) is 4.41. The predicted octanol–water partition coefficient (Wildman–Crippen LogP) is 2.54. The van der Waals surface area contributed by atoms with Crippen molar-refractivity contribution in [3.63, 3.8) is 0 Å². The molecule has 1 N–H and O–H groups in total. The molecule has 0 unspecified atom stereocenters. The number of nitrogens with one attached hydrogen (secondary N) is 1. The number of carbonyl (C=O) groups excluding carboxylic acids is 1. The highest BCUT2D eigenvalue weighted by atomic mass is 32.2. The van der Waals surface area contributed by atoms with Crippen LogP contribution in [0.1, 0.15) is 36.5 Å². The number of nitrogens with zero attached hydrogens (tertiary/aromatic N) is 4. The zero-order chi connectivity index (χ0) is 20.3. The number of sulfonamides is 1. The first-order chi connectivity index (χ1) is 13.3. The second kappa shape index (κ2) is 8.14. The Hall–Kier alpha value is -2.68. The van der Waals surface area contributed by atoms with E-state index in [1.54, 1.807) is 4.90 Å². The van der Waals surface area contributed by atoms with E-state index in [2.05, 4.69) is 19.6 Å². The van der Waals surface area contributed by atoms with Crippen molar-refractivity contribution in [1.29, 1.82) is 0 Å². The number of hydrogen-bond acceptors (Lipinski definition) is 7. The minimum Gasteiger partial charge on any atom is -0.361 e. The van der Waals surface area contributed by atoms with Crippen LogP contribution in [0.15, 0.2) is 35.4 Å². The van der Waals surface area contributed by atoms with Crippen molar-refractivity contribution >= 4 is 33.3 Å². The maximum absolute atomic E-state index is 12.8. The van der Waals surface area contributed by atoms with Crippen LogP contribution in [0.25, 0.3) is 0 Å². The van der Waals surface area contributed by atoms with Crippen LogP contribution in [0.3, 0.4) is 0 Å². The Morgan fingerprint density at radius 3 is 2.32 bits per heavy atom. The summed E-state index contributed by atoms with van der Waals surface area (Å²) in [7, 11) is -0.216. The van der Waals surface area contributed by atoms with Crippen molar-refractivity contribution < 1.29 is 13.2 Å². The van der Waals surface area contributed by atoms with E-state index in [4.69, 9.17) is 0 Å². The summed E-state index contributed by atoms with van der Waals surface area (Å²) in [5.74, 6) is 0.991. The number of anilines is 3. The molecule has 0 radical (unpaired) electrons. The van der Waals surface area contributed by atoms with E-state index in [1.807, 2.05) is 14.1 Å². The smallest absolute Gasteiger partial charge is 0.262 e. The van der Waals surface area contributed by atoms with Gasteiger partial charge in [-0.15, -0.1) is 0 Å². The van der Waals surface area contributed by atoms with Gasteiger partial charge in [0.15, 0.2) is 11.6 Å². The second-order valence-electron chi connectivity index (χ2n) is 7.04. The molecular formula is C19H25N5O3S. The second-order valence-corrected chi connectivity index (χ2v) is 8.72. The molecule has 1 aliphatic heterocycles. The number of Topliss-reactive ketones (excluding diaryl/α,β-unsaturated/α-hetero) is 1. The molecule has 1 fully saturated rings. The molecule has 0 aliphatic carbocycles. The number of rotatable bonds is 6. The van der Waals surface area contributed by atoms with E-state index in [0.29, 0.717) is 23.0 Å². The molecule has 1 aromatic heterocycles. The minimum absolute atomic E-state index is 0.0716. The lowest BCUT2D eigenvalue weighted by Gasteiger charge is -2.28. The summed E-state index contributed by atoms with van der Waals surface area (Å²) in [6, 6.07) is 5.83. The Labute approximate surface area is 165 Å². The Bertz CT molecular complexity index is 952. The van der Waals surface area contributed by atoms with Crippen molar-refractivity contribution in [2.75, 3.05) is 41.7 Å². The van der Waals surface area contributed by atoms with Crippen LogP contribution >= 0.6 is 0 Å². The van der Waals surface area contributed by atoms with Gasteiger partial charge in [0.25, 0.3) is 10.0 Å². The first-order valence-electron chi connectivity index (χ1n) is 9.21. The molecule has 2 aromatic rings. The number of aromatic nitrogens is 2. The Balaban J connectivity index is 1.88. The molecule has 28 heavy (non-hydrogen) atoms. The van der Waals surface area contributed by atoms with Gasteiger partial charge in [-0.3, -0.25) is 9.52 Å². The lowest BCUT2D eigenvalue weighted by atomic mass is 10.1. The molecular weight excluding hydrogens is 378 g/mol. The Morgan fingerprint density at radius 1 is 1.11 bits per heavy atom. The molecule has 8 nitrogen and oxygen atoms in total. The van der Waals surface area contributed by atoms with Crippen LogP contribution < -0.4 is 14.5 Å². The van der Waals surface area contributed by atoms with Gasteiger partial charge in [-0.1, -0.05) is 12.1 Å². The molecule has 0 saturated carbocycles. The first kappa shape index (κ1) is 20.1. The van der Waals surface area contributed by atoms with E-state index < -0.39 is 10.0 Å². The zero-order valence-electron chi connectivity index (χ0n) is 16.3. The van der Waals surface area contributed by atoms with Crippen LogP contribution in [-0.2, 0) is 10.0 Å². The highest BCUT2D eigenvalue weighted by Crippen LogP contribution is 2.27. The van der Waals surface area contributed by atoms with E-state index in [-0.39, 0.29) is 10.7 Å². The summed E-state index contributed by atoms with van der Waals surface area (Å²) in [4.78, 5) is 24.3. The molecule has 1 aliphatic rings. The topological polar surface area (TPSA) is 95.5 Å². The van der Waals surface area contributed by atoms with Gasteiger partial charge in [-0.2, -0.15) is 4.98 Å². The largest absolute Gasteiger partial charge is 0.361 e. The standard InChI is InChI=1S/C19H25N5O3S/c1-14(25)15-7-9-16(10-8-15)28(26,27)22-17-13-20-19(21-18(17)23(2)3)24-11-5-4-6-12-24/h7-10,13,22H,4-6,11-12H2,1-3H3. The van der Waals surface area contributed by atoms with Gasteiger partial charge in [0.1, 0.15) is 5.69 Å². The summed E-state index contributed by atoms with van der Waals surface area (Å²) in [5.41, 5.74) is 0.767. The third-order valence-corrected chi connectivity index (χ3v) is 6.02. The van der Waals surface area contributed by atoms with Gasteiger partial charge in [-0.05, 0) is 38.3 Å². The van der Waals surface area contributed by atoms with Gasteiger partial charge in [0.05, 0.1) is 11.1 Å². The van der Waals surface area contributed by atoms with Gasteiger partial charge < -0.3 is 9.80 Å². The van der Waals surface area contributed by atoms with Crippen molar-refractivity contribution in [2.24, 2.45) is 0 Å². The van der Waals surface area contributed by atoms with Crippen LogP contribution in [-0.4, -0.2) is 51.4 Å². The minimum atomic E-state index is -3.83. The molecule has 9 heteroatoms. The quantitative estimate of drug-likeness (QED) is 0.741. The van der Waals surface area contributed by atoms with E-state index >= 15 is 0 Å². The number of benzene rings is 1. The van der Waals surface area contributed by atoms with E-state index in [0.717, 1.165) is 25.9 Å². The predicted molar refractivity (Wildman–Crippen MR) is 110 cm³/mol. The number of piperidine rings is 1. The highest BCUT2D eigenvalue weighted by molar-refractivity contribution is 7.92. The van der Waals surface area contributed by atoms with Gasteiger partial charge in [0, 0.05) is 32.7 Å². The lowest BCUT2D eigenvalue weighted by molar-refractivity contribution is 0.101. The number of carbonyl (C=O) groups is 1. The molecule has 2 heterocycles. The average molecular weight is 404 g/mol. The number of hydrogen-bond donors (Lipinski definition) is 1. The lowest BCUT2D eigenvalue weighted by Crippen LogP contribution is -2.31. The van der Waals surface area contributed by atoms with Crippen molar-refractivity contribution in [2.45, 2.75) is 31.1 Å². The third-order valence-electron chi connectivity index (χ3n) is 4.63. The van der Waals surface area contributed by atoms with Crippen LogP contribution in [0, 0.1) is 0 Å². The Kier molecular flexibility index (Phi) is 5.83. The van der Waals surface area contributed by atoms with E-state index in [1.165, 1.54) is 43.8 Å². The van der Waals surface area contributed by atoms with Gasteiger partial charge in [-0.25, -0.2) is 13.4 Å². The zero-order valence-corrected chi connectivity index (χ0v) is 17.2. The molecule has 0 bridgehead atoms. The maximum atomic E-state index is 12.8. The Morgan fingerprint density at radius 2 is 1.75 bits per heavy atom. The molecule has 0 atom stereocenters. The maximum Gasteiger partial charge on any atom is 0.262 e. The molecule has 150 valence electrons. The van der Waals surface area contributed by atoms with Gasteiger partial charge in [0.2, 0.25) is 5.95 Å². The monoisotopic (exact) mass is 403 g/mol. The average Bonchev–Trinajstić information content (AvgIpc) is 2.68. The fraction of sp³-hybridized carbons (Fsp3) is 0.421. The normalized spacial score (nSPS) is 14.6. The fourth-order valence-electron chi connectivity index (χ4n) is 3.10. The summed E-state index contributed by atoms with van der Waals surface area (Å²) in [6.07, 6.45) is 4.92. The van der Waals surface area contributed by atoms with Gasteiger partial charge >= 0.3 is 0 Å². The molecule has 0 amide bonds. The van der Waals surface area contributed by atoms with Crippen LogP contribution in [0.4, 0.5) is 17.5 Å². The fourth-order valence-corrected chi connectivity index (χ4v) is 4.14. The van der Waals surface area contributed by atoms with Crippen molar-refractivity contribution in [1.82, 2.24) is 9.97 Å². The molecule has 1 aromatic carbocycles. The van der Waals surface area contributed by atoms with Crippen LogP contribution in [0.5, 0.6) is 0 Å². The molecule has 1 saturated heterocycles.